The van der Waals surface area contributed by atoms with Crippen molar-refractivity contribution in [3.05, 3.63) is 121 Å². The van der Waals surface area contributed by atoms with Crippen molar-refractivity contribution in [2.45, 2.75) is 83.5 Å². The first-order valence-corrected chi connectivity index (χ1v) is 22.5. The van der Waals surface area contributed by atoms with E-state index in [1.165, 1.54) is 21.0 Å². The molecule has 0 bridgehead atoms. The average molecular weight is 769 g/mol. The number of esters is 2. The topological polar surface area (TPSA) is 89.5 Å². The van der Waals surface area contributed by atoms with Crippen LogP contribution in [-0.2, 0) is 37.4 Å². The van der Waals surface area contributed by atoms with E-state index in [1.54, 1.807) is 0 Å². The third kappa shape index (κ3) is 8.19. The second-order valence-electron chi connectivity index (χ2n) is 16.1. The summed E-state index contributed by atoms with van der Waals surface area (Å²) in [4.78, 5) is 25.9. The van der Waals surface area contributed by atoms with Gasteiger partial charge in [-0.2, -0.15) is 0 Å². The molecule has 0 amide bonds. The smallest absolute Gasteiger partial charge is 0.303 e. The number of methoxy groups -OCH3 is 1. The fraction of sp³-hybridized carbons (Fsp3) is 0.409. The molecule has 0 N–H and O–H groups in total. The van der Waals surface area contributed by atoms with Crippen LogP contribution in [-0.4, -0.2) is 73.5 Å². The molecule has 4 aromatic carbocycles. The summed E-state index contributed by atoms with van der Waals surface area (Å²) in [6.45, 7) is 16.0. The predicted molar refractivity (Wildman–Crippen MR) is 217 cm³/mol. The van der Waals surface area contributed by atoms with Crippen LogP contribution >= 0.6 is 0 Å². The van der Waals surface area contributed by atoms with Gasteiger partial charge in [0, 0.05) is 33.5 Å². The van der Waals surface area contributed by atoms with Gasteiger partial charge in [0.05, 0.1) is 13.2 Å². The number of hydrogen-bond donors (Lipinski definition) is 0. The van der Waals surface area contributed by atoms with E-state index in [0.29, 0.717) is 0 Å². The van der Waals surface area contributed by atoms with Gasteiger partial charge >= 0.3 is 11.9 Å². The van der Waals surface area contributed by atoms with Crippen LogP contribution in [0.4, 0.5) is 0 Å². The molecule has 8 nitrogen and oxygen atoms in total. The van der Waals surface area contributed by atoms with Crippen LogP contribution in [0, 0.1) is 5.92 Å². The molecule has 0 saturated carbocycles. The van der Waals surface area contributed by atoms with Gasteiger partial charge in [0.2, 0.25) is 5.79 Å². The first-order chi connectivity index (χ1) is 25.6. The SMILES string of the molecule is CO[C@]1(CO[Si](c2ccccc2)(c2ccccc2)C(C)(C)C)OC[C@H](CO[Si](c2ccccc2)(c2ccccc2)C(C)(C)C)[C@@H](OC(C)=O)[C@@H]1OC(C)=O. The van der Waals surface area contributed by atoms with E-state index >= 15 is 0 Å². The predicted octanol–water partition coefficient (Wildman–Crippen LogP) is 5.99. The molecule has 4 aromatic rings. The van der Waals surface area contributed by atoms with Gasteiger partial charge in [-0.3, -0.25) is 9.59 Å². The van der Waals surface area contributed by atoms with Crippen LogP contribution in [0.5, 0.6) is 0 Å². The van der Waals surface area contributed by atoms with Gasteiger partial charge in [-0.25, -0.2) is 0 Å². The number of ether oxygens (including phenoxy) is 4. The fourth-order valence-electron chi connectivity index (χ4n) is 8.07. The van der Waals surface area contributed by atoms with Gasteiger partial charge in [-0.15, -0.1) is 0 Å². The number of carbonyl (C=O) groups is 2. The van der Waals surface area contributed by atoms with Crippen LogP contribution in [0.3, 0.4) is 0 Å². The van der Waals surface area contributed by atoms with Crippen molar-refractivity contribution in [1.29, 1.82) is 0 Å². The lowest BCUT2D eigenvalue weighted by Gasteiger charge is -2.51. The zero-order valence-electron chi connectivity index (χ0n) is 33.2. The Hall–Kier alpha value is -3.91. The zero-order valence-corrected chi connectivity index (χ0v) is 35.2. The Bertz CT molecular complexity index is 1730. The summed E-state index contributed by atoms with van der Waals surface area (Å²) < 4.78 is 39.8. The van der Waals surface area contributed by atoms with Crippen molar-refractivity contribution in [3.8, 4) is 0 Å². The van der Waals surface area contributed by atoms with Crippen molar-refractivity contribution in [2.75, 3.05) is 26.9 Å². The fourth-order valence-corrected chi connectivity index (χ4v) is 17.3. The second-order valence-corrected chi connectivity index (χ2v) is 24.7. The molecule has 1 aliphatic rings. The van der Waals surface area contributed by atoms with Gasteiger partial charge in [-0.05, 0) is 30.8 Å². The van der Waals surface area contributed by atoms with Crippen molar-refractivity contribution >= 4 is 49.3 Å². The van der Waals surface area contributed by atoms with Crippen LogP contribution in [0.1, 0.15) is 55.4 Å². The summed E-state index contributed by atoms with van der Waals surface area (Å²) in [5, 5.41) is 3.73. The second kappa shape index (κ2) is 16.8. The molecular weight excluding hydrogens is 713 g/mol. The molecule has 54 heavy (non-hydrogen) atoms. The summed E-state index contributed by atoms with van der Waals surface area (Å²) in [6, 6.07) is 41.2. The summed E-state index contributed by atoms with van der Waals surface area (Å²) in [5.74, 6) is -3.23. The van der Waals surface area contributed by atoms with E-state index in [4.69, 9.17) is 27.8 Å². The van der Waals surface area contributed by atoms with Crippen LogP contribution in [0.25, 0.3) is 0 Å². The summed E-state index contributed by atoms with van der Waals surface area (Å²) in [7, 11) is -4.58. The molecule has 0 spiro atoms. The molecule has 0 radical (unpaired) electrons. The summed E-state index contributed by atoms with van der Waals surface area (Å²) in [6.07, 6.45) is -2.15. The quantitative estimate of drug-likeness (QED) is 0.121. The van der Waals surface area contributed by atoms with E-state index in [1.807, 2.05) is 72.8 Å². The van der Waals surface area contributed by atoms with Gasteiger partial charge in [0.15, 0.2) is 12.2 Å². The Morgan fingerprint density at radius 2 is 1.00 bits per heavy atom. The van der Waals surface area contributed by atoms with Crippen molar-refractivity contribution in [3.63, 3.8) is 0 Å². The Morgan fingerprint density at radius 3 is 1.33 bits per heavy atom. The first-order valence-electron chi connectivity index (χ1n) is 18.6. The molecule has 10 heteroatoms. The van der Waals surface area contributed by atoms with Crippen LogP contribution in [0.15, 0.2) is 121 Å². The minimum Gasteiger partial charge on any atom is -0.458 e. The third-order valence-corrected chi connectivity index (χ3v) is 20.5. The molecular formula is C44H56O8Si2. The lowest BCUT2D eigenvalue weighted by atomic mass is 9.90. The van der Waals surface area contributed by atoms with Crippen LogP contribution in [0.2, 0.25) is 10.1 Å². The Balaban J connectivity index is 1.58. The highest BCUT2D eigenvalue weighted by Crippen LogP contribution is 2.42. The maximum atomic E-state index is 12.9. The molecule has 1 heterocycles. The molecule has 0 aromatic heterocycles. The Kier molecular flexibility index (Phi) is 12.9. The Morgan fingerprint density at radius 1 is 0.630 bits per heavy atom. The maximum absolute atomic E-state index is 12.9. The molecule has 1 aliphatic heterocycles. The van der Waals surface area contributed by atoms with Crippen molar-refractivity contribution in [2.24, 2.45) is 5.92 Å². The van der Waals surface area contributed by atoms with E-state index in [2.05, 4.69) is 90.1 Å². The van der Waals surface area contributed by atoms with Crippen molar-refractivity contribution in [1.82, 2.24) is 0 Å². The van der Waals surface area contributed by atoms with E-state index in [-0.39, 0.29) is 29.9 Å². The number of carbonyl (C=O) groups excluding carboxylic acids is 2. The molecule has 4 atom stereocenters. The first kappa shape index (κ1) is 41.3. The lowest BCUT2D eigenvalue weighted by molar-refractivity contribution is -0.337. The minimum atomic E-state index is -3.10. The highest BCUT2D eigenvalue weighted by molar-refractivity contribution is 7.00. The van der Waals surface area contributed by atoms with Gasteiger partial charge in [0.25, 0.3) is 16.6 Å². The Labute approximate surface area is 323 Å². The average Bonchev–Trinajstić information content (AvgIpc) is 3.14. The minimum absolute atomic E-state index is 0.0891. The number of hydrogen-bond acceptors (Lipinski definition) is 8. The molecule has 0 unspecified atom stereocenters. The number of benzene rings is 4. The largest absolute Gasteiger partial charge is 0.458 e. The third-order valence-electron chi connectivity index (χ3n) is 10.5. The number of rotatable bonds is 13. The standard InChI is InChI=1S/C44H56O8Si2/c1-33(45)51-40-35(31-49-53(42(3,4)5,36-22-14-10-15-23-36)37-24-16-11-17-25-37)30-48-44(47-9,41(40)52-34(2)46)32-50-54(43(6,7)8,38-26-18-12-19-27-38)39-28-20-13-21-29-39/h10-29,35,40-41H,30-32H2,1-9H3/t35-,40-,41+,44-/m1/s1. The highest BCUT2D eigenvalue weighted by Gasteiger charge is 2.60. The molecule has 5 rings (SSSR count). The lowest BCUT2D eigenvalue weighted by Crippen LogP contribution is -2.71. The monoisotopic (exact) mass is 768 g/mol. The van der Waals surface area contributed by atoms with E-state index in [9.17, 15) is 9.59 Å². The highest BCUT2D eigenvalue weighted by atomic mass is 28.4. The van der Waals surface area contributed by atoms with Gasteiger partial charge in [-0.1, -0.05) is 163 Å². The summed E-state index contributed by atoms with van der Waals surface area (Å²) >= 11 is 0. The maximum Gasteiger partial charge on any atom is 0.303 e. The van der Waals surface area contributed by atoms with Gasteiger partial charge < -0.3 is 27.8 Å². The van der Waals surface area contributed by atoms with E-state index < -0.39 is 52.5 Å². The van der Waals surface area contributed by atoms with Crippen molar-refractivity contribution < 1.29 is 37.4 Å². The molecule has 0 aliphatic carbocycles. The van der Waals surface area contributed by atoms with Crippen LogP contribution < -0.4 is 20.7 Å². The molecule has 288 valence electrons. The zero-order chi connectivity index (χ0) is 39.2. The summed E-state index contributed by atoms with van der Waals surface area (Å²) in [5.41, 5.74) is 0. The normalized spacial score (nSPS) is 20.9. The van der Waals surface area contributed by atoms with Gasteiger partial charge in [0.1, 0.15) is 0 Å². The molecule has 1 fully saturated rings. The van der Waals surface area contributed by atoms with E-state index in [0.717, 1.165) is 20.7 Å². The molecule has 1 saturated heterocycles.